The van der Waals surface area contributed by atoms with Crippen molar-refractivity contribution in [3.05, 3.63) is 103 Å². The number of hydrogen-bond donors (Lipinski definition) is 0. The van der Waals surface area contributed by atoms with Gasteiger partial charge in [0.2, 0.25) is 0 Å². The van der Waals surface area contributed by atoms with Gasteiger partial charge in [-0.2, -0.15) is 0 Å². The van der Waals surface area contributed by atoms with Crippen molar-refractivity contribution in [3.63, 3.8) is 0 Å². The van der Waals surface area contributed by atoms with Crippen molar-refractivity contribution in [2.24, 2.45) is 0 Å². The molecule has 1 heterocycles. The van der Waals surface area contributed by atoms with Crippen molar-refractivity contribution in [1.82, 2.24) is 0 Å². The Balaban J connectivity index is 1.62. The second-order valence-corrected chi connectivity index (χ2v) is 9.24. The van der Waals surface area contributed by atoms with E-state index in [0.29, 0.717) is 0 Å². The first-order valence-electron chi connectivity index (χ1n) is 8.66. The van der Waals surface area contributed by atoms with Crippen LogP contribution in [0.15, 0.2) is 128 Å². The fourth-order valence-corrected chi connectivity index (χ4v) is 7.05. The van der Waals surface area contributed by atoms with E-state index in [1.807, 2.05) is 11.8 Å². The van der Waals surface area contributed by atoms with Crippen LogP contribution in [0.3, 0.4) is 0 Å². The van der Waals surface area contributed by atoms with Crippen molar-refractivity contribution < 1.29 is 0 Å². The molecule has 26 heavy (non-hydrogen) atoms. The van der Waals surface area contributed by atoms with E-state index >= 15 is 0 Å². The fourth-order valence-electron chi connectivity index (χ4n) is 3.31. The van der Waals surface area contributed by atoms with Gasteiger partial charge in [0.25, 0.3) is 0 Å². The van der Waals surface area contributed by atoms with Gasteiger partial charge in [-0.05, 0) is 59.7 Å². The third-order valence-electron chi connectivity index (χ3n) is 4.56. The van der Waals surface area contributed by atoms with E-state index in [4.69, 9.17) is 0 Å². The normalized spacial score (nSPS) is 13.1. The van der Waals surface area contributed by atoms with Gasteiger partial charge >= 0.3 is 0 Å². The van der Waals surface area contributed by atoms with Crippen molar-refractivity contribution >= 4 is 22.7 Å². The van der Waals surface area contributed by atoms with Crippen LogP contribution in [-0.4, -0.2) is 0 Å². The molecule has 0 saturated carbocycles. The van der Waals surface area contributed by atoms with Gasteiger partial charge < -0.3 is 0 Å². The lowest BCUT2D eigenvalue weighted by molar-refractivity contribution is 1.12. The average molecular weight is 370 g/mol. The van der Waals surface area contributed by atoms with Crippen LogP contribution in [0, 0.1) is 0 Å². The highest BCUT2D eigenvalue weighted by atomic mass is 32.2. The van der Waals surface area contributed by atoms with Gasteiger partial charge in [0.1, 0.15) is 10.9 Å². The van der Waals surface area contributed by atoms with Crippen LogP contribution in [0.2, 0.25) is 0 Å². The molecule has 0 fully saturated rings. The van der Waals surface area contributed by atoms with Crippen molar-refractivity contribution in [3.8, 4) is 11.1 Å². The predicted molar refractivity (Wildman–Crippen MR) is 111 cm³/mol. The van der Waals surface area contributed by atoms with E-state index in [9.17, 15) is 0 Å². The lowest BCUT2D eigenvalue weighted by Crippen LogP contribution is -2.10. The van der Waals surface area contributed by atoms with Gasteiger partial charge in [-0.3, -0.25) is 0 Å². The lowest BCUT2D eigenvalue weighted by atomic mass is 10.1. The quantitative estimate of drug-likeness (QED) is 0.305. The monoisotopic (exact) mass is 369 g/mol. The molecular formula is C24H17S2+. The highest BCUT2D eigenvalue weighted by molar-refractivity contribution is 8.04. The van der Waals surface area contributed by atoms with Gasteiger partial charge in [-0.1, -0.05) is 66.4 Å². The van der Waals surface area contributed by atoms with Crippen molar-refractivity contribution in [1.29, 1.82) is 0 Å². The van der Waals surface area contributed by atoms with Crippen LogP contribution in [0.4, 0.5) is 0 Å². The lowest BCUT2D eigenvalue weighted by Gasteiger charge is -2.18. The molecule has 0 aliphatic carbocycles. The molecule has 2 heteroatoms. The van der Waals surface area contributed by atoms with Crippen LogP contribution >= 0.6 is 11.8 Å². The molecule has 0 spiro atoms. The summed E-state index contributed by atoms with van der Waals surface area (Å²) in [6, 6.07) is 37.3. The molecular weight excluding hydrogens is 352 g/mol. The number of rotatable bonds is 2. The Morgan fingerprint density at radius 2 is 0.962 bits per heavy atom. The molecule has 0 atom stereocenters. The maximum atomic E-state index is 2.30. The zero-order valence-electron chi connectivity index (χ0n) is 14.1. The van der Waals surface area contributed by atoms with Crippen LogP contribution in [0.1, 0.15) is 0 Å². The molecule has 0 radical (unpaired) electrons. The average Bonchev–Trinajstić information content (AvgIpc) is 2.73. The van der Waals surface area contributed by atoms with Crippen molar-refractivity contribution in [2.45, 2.75) is 24.5 Å². The molecule has 4 aromatic rings. The summed E-state index contributed by atoms with van der Waals surface area (Å²) >= 11 is 1.89. The van der Waals surface area contributed by atoms with E-state index in [1.165, 1.54) is 35.6 Å². The van der Waals surface area contributed by atoms with E-state index in [1.54, 1.807) is 0 Å². The summed E-state index contributed by atoms with van der Waals surface area (Å²) in [5, 5.41) is 0. The molecule has 0 N–H and O–H groups in total. The van der Waals surface area contributed by atoms with Crippen LogP contribution < -0.4 is 0 Å². The van der Waals surface area contributed by atoms with Gasteiger partial charge in [0, 0.05) is 0 Å². The number of fused-ring (bicyclic) bond motifs is 2. The second kappa shape index (κ2) is 6.71. The molecule has 5 rings (SSSR count). The van der Waals surface area contributed by atoms with E-state index in [-0.39, 0.29) is 10.9 Å². The van der Waals surface area contributed by atoms with E-state index < -0.39 is 0 Å². The van der Waals surface area contributed by atoms with E-state index in [2.05, 4.69) is 103 Å². The smallest absolute Gasteiger partial charge is 0.0795 e. The summed E-state index contributed by atoms with van der Waals surface area (Å²) in [6.07, 6.45) is 0. The summed E-state index contributed by atoms with van der Waals surface area (Å²) in [5.41, 5.74) is 2.54. The largest absolute Gasteiger partial charge is 0.180 e. The zero-order chi connectivity index (χ0) is 17.3. The summed E-state index contributed by atoms with van der Waals surface area (Å²) in [4.78, 5) is 7.00. The molecule has 4 aromatic carbocycles. The van der Waals surface area contributed by atoms with Crippen LogP contribution in [0.25, 0.3) is 11.1 Å². The first-order valence-corrected chi connectivity index (χ1v) is 10.7. The fraction of sp³-hybridized carbons (Fsp3) is 0. The maximum absolute atomic E-state index is 2.30. The zero-order valence-corrected chi connectivity index (χ0v) is 15.8. The first-order chi connectivity index (χ1) is 12.9. The molecule has 0 unspecified atom stereocenters. The Morgan fingerprint density at radius 3 is 1.58 bits per heavy atom. The molecule has 1 aliphatic rings. The van der Waals surface area contributed by atoms with Gasteiger partial charge in [-0.25, -0.2) is 0 Å². The Labute approximate surface area is 161 Å². The minimum absolute atomic E-state index is 0.0434. The minimum Gasteiger partial charge on any atom is -0.0795 e. The predicted octanol–water partition coefficient (Wildman–Crippen LogP) is 6.91. The second-order valence-electron chi connectivity index (χ2n) is 6.19. The molecule has 1 aliphatic heterocycles. The molecule has 0 aromatic heterocycles. The summed E-state index contributed by atoms with van der Waals surface area (Å²) in [7, 11) is -0.0434. The highest BCUT2D eigenvalue weighted by Gasteiger charge is 2.37. The molecule has 0 nitrogen and oxygen atoms in total. The third kappa shape index (κ3) is 2.76. The topological polar surface area (TPSA) is 0 Å². The summed E-state index contributed by atoms with van der Waals surface area (Å²) in [5.74, 6) is 0. The van der Waals surface area contributed by atoms with Crippen LogP contribution in [-0.2, 0) is 10.9 Å². The Bertz CT molecular complexity index is 1010. The van der Waals surface area contributed by atoms with Gasteiger partial charge in [0.15, 0.2) is 14.7 Å². The Morgan fingerprint density at radius 1 is 0.462 bits per heavy atom. The first kappa shape index (κ1) is 15.8. The number of benzene rings is 4. The molecule has 0 amide bonds. The molecule has 0 bridgehead atoms. The molecule has 124 valence electrons. The Kier molecular flexibility index (Phi) is 4.08. The highest BCUT2D eigenvalue weighted by Crippen LogP contribution is 2.48. The minimum atomic E-state index is -0.0434. The van der Waals surface area contributed by atoms with Gasteiger partial charge in [-0.15, -0.1) is 0 Å². The standard InChI is InChI=1S/C24H17S2/c1-2-8-18(9-3-1)19-14-16-20(17-15-19)26-23-12-6-4-10-21(23)25-22-11-5-7-13-24(22)26/h1-17H/q+1. The maximum Gasteiger partial charge on any atom is 0.180 e. The Hall–Kier alpha value is -2.42. The van der Waals surface area contributed by atoms with Crippen LogP contribution in [0.5, 0.6) is 0 Å². The molecule has 0 saturated heterocycles. The third-order valence-corrected chi connectivity index (χ3v) is 8.30. The summed E-state index contributed by atoms with van der Waals surface area (Å²) in [6.45, 7) is 0. The summed E-state index contributed by atoms with van der Waals surface area (Å²) < 4.78 is 0. The van der Waals surface area contributed by atoms with Crippen molar-refractivity contribution in [2.75, 3.05) is 0 Å². The van der Waals surface area contributed by atoms with Gasteiger partial charge in [0.05, 0.1) is 9.79 Å². The number of hydrogen-bond acceptors (Lipinski definition) is 1. The van der Waals surface area contributed by atoms with E-state index in [0.717, 1.165) is 0 Å². The SMILES string of the molecule is c1ccc(-c2ccc([S+]3c4ccccc4Sc4ccccc43)cc2)cc1.